The van der Waals surface area contributed by atoms with Gasteiger partial charge in [-0.2, -0.15) is 0 Å². The Kier molecular flexibility index (Phi) is 11.1. The molecule has 0 aliphatic carbocycles. The van der Waals surface area contributed by atoms with Gasteiger partial charge in [0.1, 0.15) is 12.6 Å². The van der Waals surface area contributed by atoms with Crippen molar-refractivity contribution in [1.29, 1.82) is 0 Å². The fourth-order valence-electron chi connectivity index (χ4n) is 4.77. The Morgan fingerprint density at radius 3 is 2.02 bits per heavy atom. The summed E-state index contributed by atoms with van der Waals surface area (Å²) in [5.41, 5.74) is 2.25. The molecule has 0 aromatic heterocycles. The van der Waals surface area contributed by atoms with Crippen LogP contribution in [-0.2, 0) is 32.6 Å². The molecule has 10 heteroatoms. The Bertz CT molecular complexity index is 1710. The van der Waals surface area contributed by atoms with Crippen molar-refractivity contribution < 1.29 is 18.0 Å². The lowest BCUT2D eigenvalue weighted by Gasteiger charge is -2.35. The first kappa shape index (κ1) is 34.2. The van der Waals surface area contributed by atoms with Crippen LogP contribution in [-0.4, -0.2) is 43.3 Å². The number of carbonyl (C=O) groups excluding carboxylic acids is 2. The number of sulfonamides is 1. The van der Waals surface area contributed by atoms with Gasteiger partial charge in [-0.1, -0.05) is 87.7 Å². The van der Waals surface area contributed by atoms with E-state index < -0.39 is 34.1 Å². The minimum atomic E-state index is -4.17. The summed E-state index contributed by atoms with van der Waals surface area (Å²) in [6, 6.07) is 28.7. The number of anilines is 1. The van der Waals surface area contributed by atoms with Crippen LogP contribution in [0.1, 0.15) is 37.5 Å². The third kappa shape index (κ3) is 9.42. The van der Waals surface area contributed by atoms with Crippen LogP contribution < -0.4 is 9.62 Å². The van der Waals surface area contributed by atoms with Gasteiger partial charge < -0.3 is 10.2 Å². The largest absolute Gasteiger partial charge is 0.350 e. The van der Waals surface area contributed by atoms with Gasteiger partial charge in [0.25, 0.3) is 10.0 Å². The summed E-state index contributed by atoms with van der Waals surface area (Å²) in [4.78, 5) is 30.0. The number of carbonyl (C=O) groups is 2. The second-order valence-corrected chi connectivity index (χ2v) is 15.1. The van der Waals surface area contributed by atoms with Gasteiger partial charge in [0.2, 0.25) is 11.8 Å². The summed E-state index contributed by atoms with van der Waals surface area (Å²) in [7, 11) is -4.17. The third-order valence-corrected chi connectivity index (χ3v) is 9.61. The van der Waals surface area contributed by atoms with Crippen LogP contribution in [0.15, 0.2) is 112 Å². The van der Waals surface area contributed by atoms with E-state index >= 15 is 0 Å². The fraction of sp³-hybridized carbons (Fsp3) is 0.257. The lowest BCUT2D eigenvalue weighted by Crippen LogP contribution is -2.56. The number of benzene rings is 4. The van der Waals surface area contributed by atoms with E-state index in [0.717, 1.165) is 25.5 Å². The van der Waals surface area contributed by atoms with Crippen molar-refractivity contribution in [1.82, 2.24) is 10.2 Å². The summed E-state index contributed by atoms with van der Waals surface area (Å²) in [6.45, 7) is 7.03. The number of rotatable bonds is 11. The first-order valence-electron chi connectivity index (χ1n) is 14.5. The van der Waals surface area contributed by atoms with Crippen LogP contribution in [0, 0.1) is 6.92 Å². The number of nitrogens with one attached hydrogen (secondary N) is 1. The van der Waals surface area contributed by atoms with Crippen LogP contribution in [0.3, 0.4) is 0 Å². The van der Waals surface area contributed by atoms with E-state index in [9.17, 15) is 18.0 Å². The quantitative estimate of drug-likeness (QED) is 0.179. The van der Waals surface area contributed by atoms with Gasteiger partial charge in [-0.15, -0.1) is 0 Å². The van der Waals surface area contributed by atoms with Gasteiger partial charge in [-0.05, 0) is 87.4 Å². The molecule has 1 N–H and O–H groups in total. The molecule has 4 aromatic carbocycles. The zero-order chi connectivity index (χ0) is 32.8. The highest BCUT2D eigenvalue weighted by molar-refractivity contribution is 9.10. The lowest BCUT2D eigenvalue weighted by molar-refractivity contribution is -0.140. The van der Waals surface area contributed by atoms with Gasteiger partial charge >= 0.3 is 0 Å². The summed E-state index contributed by atoms with van der Waals surface area (Å²) in [5.74, 6) is -0.876. The molecule has 1 unspecified atom stereocenters. The highest BCUT2D eigenvalue weighted by atomic mass is 79.9. The normalized spacial score (nSPS) is 12.3. The summed E-state index contributed by atoms with van der Waals surface area (Å²) in [6.07, 6.45) is 0.227. The number of hydrogen-bond donors (Lipinski definition) is 1. The monoisotopic (exact) mass is 709 g/mol. The number of amides is 2. The molecule has 0 saturated heterocycles. The fourth-order valence-corrected chi connectivity index (χ4v) is 6.57. The van der Waals surface area contributed by atoms with E-state index in [-0.39, 0.29) is 23.8 Å². The summed E-state index contributed by atoms with van der Waals surface area (Å²) < 4.78 is 30.1. The molecule has 1 atom stereocenters. The van der Waals surface area contributed by atoms with E-state index in [1.165, 1.54) is 17.0 Å². The standard InChI is InChI=1S/C35H37BrClN3O4S/c1-25-10-20-31(21-11-25)45(43,44)40(30-18-14-28(36)15-19-30)24-33(41)39(23-27-12-16-29(37)17-13-27)32(34(42)38-35(2,3)4)22-26-8-6-5-7-9-26/h5-21,32H,22-24H2,1-4H3,(H,38,42). The molecule has 0 heterocycles. The van der Waals surface area contributed by atoms with E-state index in [1.807, 2.05) is 58.0 Å². The van der Waals surface area contributed by atoms with Crippen LogP contribution in [0.25, 0.3) is 0 Å². The molecule has 7 nitrogen and oxygen atoms in total. The van der Waals surface area contributed by atoms with Crippen molar-refractivity contribution in [2.24, 2.45) is 0 Å². The van der Waals surface area contributed by atoms with Crippen molar-refractivity contribution in [3.8, 4) is 0 Å². The molecule has 4 aromatic rings. The van der Waals surface area contributed by atoms with E-state index in [1.54, 1.807) is 60.7 Å². The topological polar surface area (TPSA) is 86.8 Å². The maximum absolute atomic E-state index is 14.5. The molecule has 4 rings (SSSR count). The molecule has 0 fully saturated rings. The first-order chi connectivity index (χ1) is 21.2. The maximum Gasteiger partial charge on any atom is 0.264 e. The second-order valence-electron chi connectivity index (χ2n) is 11.9. The van der Waals surface area contributed by atoms with Gasteiger partial charge in [0.15, 0.2) is 0 Å². The Balaban J connectivity index is 1.81. The number of nitrogens with zero attached hydrogens (tertiary/aromatic N) is 2. The molecule has 0 saturated carbocycles. The van der Waals surface area contributed by atoms with Crippen molar-refractivity contribution in [2.75, 3.05) is 10.8 Å². The lowest BCUT2D eigenvalue weighted by atomic mass is 10.0. The van der Waals surface area contributed by atoms with Crippen molar-refractivity contribution in [2.45, 2.75) is 57.1 Å². The molecular weight excluding hydrogens is 674 g/mol. The predicted octanol–water partition coefficient (Wildman–Crippen LogP) is 7.16. The molecule has 45 heavy (non-hydrogen) atoms. The zero-order valence-electron chi connectivity index (χ0n) is 25.7. The van der Waals surface area contributed by atoms with Crippen LogP contribution in [0.2, 0.25) is 5.02 Å². The van der Waals surface area contributed by atoms with Crippen LogP contribution in [0.5, 0.6) is 0 Å². The molecule has 236 valence electrons. The smallest absolute Gasteiger partial charge is 0.264 e. The molecule has 0 radical (unpaired) electrons. The predicted molar refractivity (Wildman–Crippen MR) is 184 cm³/mol. The van der Waals surface area contributed by atoms with Gasteiger partial charge in [0, 0.05) is 28.0 Å². The van der Waals surface area contributed by atoms with Gasteiger partial charge in [-0.3, -0.25) is 13.9 Å². The van der Waals surface area contributed by atoms with Crippen molar-refractivity contribution >= 4 is 55.1 Å². The minimum Gasteiger partial charge on any atom is -0.350 e. The molecule has 0 aliphatic rings. The average Bonchev–Trinajstić information content (AvgIpc) is 2.99. The maximum atomic E-state index is 14.5. The molecule has 0 spiro atoms. The van der Waals surface area contributed by atoms with Crippen LogP contribution in [0.4, 0.5) is 5.69 Å². The summed E-state index contributed by atoms with van der Waals surface area (Å²) in [5, 5.41) is 3.57. The second kappa shape index (κ2) is 14.6. The van der Waals surface area contributed by atoms with Crippen LogP contribution >= 0.6 is 27.5 Å². The Morgan fingerprint density at radius 1 is 0.844 bits per heavy atom. The highest BCUT2D eigenvalue weighted by Gasteiger charge is 2.35. The first-order valence-corrected chi connectivity index (χ1v) is 17.1. The van der Waals surface area contributed by atoms with Gasteiger partial charge in [-0.25, -0.2) is 8.42 Å². The zero-order valence-corrected chi connectivity index (χ0v) is 28.9. The van der Waals surface area contributed by atoms with Crippen molar-refractivity contribution in [3.63, 3.8) is 0 Å². The highest BCUT2D eigenvalue weighted by Crippen LogP contribution is 2.27. The molecular formula is C35H37BrClN3O4S. The molecule has 0 bridgehead atoms. The van der Waals surface area contributed by atoms with Gasteiger partial charge in [0.05, 0.1) is 10.6 Å². The Morgan fingerprint density at radius 2 is 1.44 bits per heavy atom. The third-order valence-electron chi connectivity index (χ3n) is 7.04. The molecule has 2 amide bonds. The number of halogens is 2. The summed E-state index contributed by atoms with van der Waals surface area (Å²) >= 11 is 9.56. The SMILES string of the molecule is Cc1ccc(S(=O)(=O)N(CC(=O)N(Cc2ccc(Cl)cc2)C(Cc2ccccc2)C(=O)NC(C)(C)C)c2ccc(Br)cc2)cc1. The minimum absolute atomic E-state index is 0.0550. The van der Waals surface area contributed by atoms with E-state index in [4.69, 9.17) is 11.6 Å². The number of aryl methyl sites for hydroxylation is 1. The van der Waals surface area contributed by atoms with Crippen molar-refractivity contribution in [3.05, 3.63) is 129 Å². The van der Waals surface area contributed by atoms with E-state index in [2.05, 4.69) is 21.2 Å². The number of hydrogen-bond acceptors (Lipinski definition) is 4. The Hall–Kier alpha value is -3.66. The average molecular weight is 711 g/mol. The van der Waals surface area contributed by atoms with E-state index in [0.29, 0.717) is 10.7 Å². The Labute approximate surface area is 279 Å². The molecule has 0 aliphatic heterocycles.